The molecule has 258 valence electrons. The average molecular weight is 672 g/mol. The van der Waals surface area contributed by atoms with Gasteiger partial charge in [0.15, 0.2) is 6.79 Å². The highest BCUT2D eigenvalue weighted by Gasteiger charge is 2.23. The maximum atomic E-state index is 13.4. The monoisotopic (exact) mass is 671 g/mol. The number of anilines is 2. The molecule has 8 nitrogen and oxygen atoms in total. The van der Waals surface area contributed by atoms with Crippen molar-refractivity contribution in [1.29, 1.82) is 0 Å². The molecular weight excluding hydrogens is 626 g/mol. The van der Waals surface area contributed by atoms with Crippen molar-refractivity contribution in [3.8, 4) is 16.9 Å². The van der Waals surface area contributed by atoms with Crippen molar-refractivity contribution in [2.75, 3.05) is 52.6 Å². The molecule has 0 spiro atoms. The van der Waals surface area contributed by atoms with Crippen LogP contribution in [0.25, 0.3) is 21.9 Å². The summed E-state index contributed by atoms with van der Waals surface area (Å²) >= 11 is 0. The van der Waals surface area contributed by atoms with Gasteiger partial charge < -0.3 is 29.3 Å². The number of methoxy groups -OCH3 is 1. The van der Waals surface area contributed by atoms with Crippen molar-refractivity contribution < 1.29 is 23.8 Å². The Kier molecular flexibility index (Phi) is 11.4. The minimum absolute atomic E-state index is 0.0480. The fraction of sp³-hybridized carbons (Fsp3) is 0.286. The summed E-state index contributed by atoms with van der Waals surface area (Å²) in [6, 6.07) is 35.7. The molecule has 0 aromatic heterocycles. The van der Waals surface area contributed by atoms with Gasteiger partial charge in [-0.1, -0.05) is 61.5 Å². The molecule has 6 rings (SSSR count). The van der Waals surface area contributed by atoms with Crippen molar-refractivity contribution >= 4 is 34.0 Å². The van der Waals surface area contributed by atoms with Crippen LogP contribution >= 0.6 is 0 Å². The minimum atomic E-state index is -0.0480. The molecule has 5 aromatic carbocycles. The molecule has 1 saturated heterocycles. The van der Waals surface area contributed by atoms with Gasteiger partial charge in [-0.15, -0.1) is 0 Å². The summed E-state index contributed by atoms with van der Waals surface area (Å²) in [6.45, 7) is 5.47. The van der Waals surface area contributed by atoms with Crippen LogP contribution in [0, 0.1) is 5.92 Å². The Hall–Kier alpha value is -5.18. The minimum Gasteiger partial charge on any atom is -0.468 e. The molecule has 0 atom stereocenters. The van der Waals surface area contributed by atoms with Gasteiger partial charge in [-0.05, 0) is 101 Å². The Morgan fingerprint density at radius 2 is 1.58 bits per heavy atom. The molecule has 1 N–H and O–H groups in total. The topological polar surface area (TPSA) is 80.3 Å². The number of ether oxygens (including phenoxy) is 3. The molecule has 1 heterocycles. The van der Waals surface area contributed by atoms with Gasteiger partial charge in [-0.25, -0.2) is 0 Å². The van der Waals surface area contributed by atoms with Gasteiger partial charge in [0, 0.05) is 45.0 Å². The zero-order chi connectivity index (χ0) is 34.9. The highest BCUT2D eigenvalue weighted by atomic mass is 16.7. The normalized spacial score (nSPS) is 13.3. The lowest BCUT2D eigenvalue weighted by Crippen LogP contribution is -2.38. The molecule has 0 aliphatic carbocycles. The quantitative estimate of drug-likeness (QED) is 0.100. The van der Waals surface area contributed by atoms with Crippen LogP contribution in [0.5, 0.6) is 5.75 Å². The summed E-state index contributed by atoms with van der Waals surface area (Å²) in [7, 11) is 3.46. The Morgan fingerprint density at radius 3 is 2.38 bits per heavy atom. The number of amides is 2. The number of benzene rings is 5. The van der Waals surface area contributed by atoms with Gasteiger partial charge in [0.25, 0.3) is 11.8 Å². The van der Waals surface area contributed by atoms with Crippen LogP contribution in [0.1, 0.15) is 46.0 Å². The maximum absolute atomic E-state index is 13.4. The summed E-state index contributed by atoms with van der Waals surface area (Å²) in [6.07, 6.45) is 2.10. The number of rotatable bonds is 13. The van der Waals surface area contributed by atoms with Gasteiger partial charge in [0.05, 0.1) is 24.5 Å². The standard InChI is InChI=1S/C42H45N3O5/c1-30-19-21-45(22-20-30)42(47)39-9-4-5-10-40(39)43-37-16-13-32(14-17-37)33-8-6-7-31(25-33)28-44(2)41(46)36-12-11-35-27-38(18-15-34(35)26-36)50-29-49-24-23-48-3/h4-18,25-27,30,43H,19-24,28-29H2,1-3H3. The molecule has 1 fully saturated rings. The molecule has 0 radical (unpaired) electrons. The first-order chi connectivity index (χ1) is 24.4. The van der Waals surface area contributed by atoms with Crippen LogP contribution in [-0.2, 0) is 16.0 Å². The molecule has 8 heteroatoms. The fourth-order valence-electron chi connectivity index (χ4n) is 6.23. The number of carbonyl (C=O) groups excluding carboxylic acids is 2. The molecule has 5 aromatic rings. The third-order valence-corrected chi connectivity index (χ3v) is 9.22. The van der Waals surface area contributed by atoms with E-state index in [-0.39, 0.29) is 18.6 Å². The third-order valence-electron chi connectivity index (χ3n) is 9.22. The van der Waals surface area contributed by atoms with Gasteiger partial charge in [-0.2, -0.15) is 0 Å². The highest BCUT2D eigenvalue weighted by Crippen LogP contribution is 2.28. The number of hydrogen-bond acceptors (Lipinski definition) is 6. The Morgan fingerprint density at radius 1 is 0.820 bits per heavy atom. The molecular formula is C42H45N3O5. The highest BCUT2D eigenvalue weighted by molar-refractivity contribution is 6.00. The largest absolute Gasteiger partial charge is 0.468 e. The van der Waals surface area contributed by atoms with Gasteiger partial charge in [0.2, 0.25) is 0 Å². The second-order valence-corrected chi connectivity index (χ2v) is 13.0. The van der Waals surface area contributed by atoms with Crippen LogP contribution < -0.4 is 10.1 Å². The van der Waals surface area contributed by atoms with E-state index in [1.165, 1.54) is 0 Å². The Bertz CT molecular complexity index is 1920. The van der Waals surface area contributed by atoms with E-state index in [0.29, 0.717) is 42.6 Å². The van der Waals surface area contributed by atoms with Crippen LogP contribution in [0.4, 0.5) is 11.4 Å². The van der Waals surface area contributed by atoms with Gasteiger partial charge in [-0.3, -0.25) is 9.59 Å². The van der Waals surface area contributed by atoms with Crippen LogP contribution in [-0.4, -0.2) is 68.9 Å². The number of fused-ring (bicyclic) bond motifs is 1. The van der Waals surface area contributed by atoms with Crippen molar-refractivity contribution in [2.24, 2.45) is 5.92 Å². The Labute approximate surface area is 294 Å². The molecule has 0 bridgehead atoms. The smallest absolute Gasteiger partial charge is 0.255 e. The van der Waals surface area contributed by atoms with E-state index in [0.717, 1.165) is 64.8 Å². The number of nitrogens with one attached hydrogen (secondary N) is 1. The fourth-order valence-corrected chi connectivity index (χ4v) is 6.23. The van der Waals surface area contributed by atoms with Crippen molar-refractivity contribution in [3.05, 3.63) is 126 Å². The van der Waals surface area contributed by atoms with E-state index in [9.17, 15) is 9.59 Å². The zero-order valence-electron chi connectivity index (χ0n) is 29.1. The average Bonchev–Trinajstić information content (AvgIpc) is 3.15. The van der Waals surface area contributed by atoms with E-state index in [1.807, 2.05) is 96.9 Å². The van der Waals surface area contributed by atoms with Crippen LogP contribution in [0.2, 0.25) is 0 Å². The van der Waals surface area contributed by atoms with E-state index >= 15 is 0 Å². The molecule has 1 aliphatic rings. The summed E-state index contributed by atoms with van der Waals surface area (Å²) in [5.41, 5.74) is 6.22. The summed E-state index contributed by atoms with van der Waals surface area (Å²) in [5.74, 6) is 1.41. The lowest BCUT2D eigenvalue weighted by Gasteiger charge is -2.31. The second kappa shape index (κ2) is 16.5. The van der Waals surface area contributed by atoms with E-state index < -0.39 is 0 Å². The maximum Gasteiger partial charge on any atom is 0.255 e. The first kappa shape index (κ1) is 34.7. The lowest BCUT2D eigenvalue weighted by molar-refractivity contribution is -0.00841. The lowest BCUT2D eigenvalue weighted by atomic mass is 9.98. The van der Waals surface area contributed by atoms with Crippen LogP contribution in [0.3, 0.4) is 0 Å². The van der Waals surface area contributed by atoms with Gasteiger partial charge >= 0.3 is 0 Å². The van der Waals surface area contributed by atoms with E-state index in [1.54, 1.807) is 12.0 Å². The summed E-state index contributed by atoms with van der Waals surface area (Å²) in [4.78, 5) is 30.5. The van der Waals surface area contributed by atoms with Crippen molar-refractivity contribution in [3.63, 3.8) is 0 Å². The second-order valence-electron chi connectivity index (χ2n) is 13.0. The summed E-state index contributed by atoms with van der Waals surface area (Å²) in [5, 5.41) is 5.41. The number of likely N-dealkylation sites (tertiary alicyclic amines) is 1. The first-order valence-electron chi connectivity index (χ1n) is 17.2. The predicted molar refractivity (Wildman–Crippen MR) is 199 cm³/mol. The number of piperidine rings is 1. The van der Waals surface area contributed by atoms with E-state index in [2.05, 4.69) is 36.5 Å². The zero-order valence-corrected chi connectivity index (χ0v) is 29.1. The summed E-state index contributed by atoms with van der Waals surface area (Å²) < 4.78 is 16.0. The molecule has 1 aliphatic heterocycles. The van der Waals surface area contributed by atoms with E-state index in [4.69, 9.17) is 14.2 Å². The Balaban J connectivity index is 1.07. The van der Waals surface area contributed by atoms with Crippen molar-refractivity contribution in [1.82, 2.24) is 9.80 Å². The first-order valence-corrected chi connectivity index (χ1v) is 17.2. The molecule has 50 heavy (non-hydrogen) atoms. The number of nitrogens with zero attached hydrogens (tertiary/aromatic N) is 2. The number of carbonyl (C=O) groups is 2. The van der Waals surface area contributed by atoms with Crippen LogP contribution in [0.15, 0.2) is 109 Å². The third kappa shape index (κ3) is 8.69. The molecule has 2 amide bonds. The number of hydrogen-bond donors (Lipinski definition) is 1. The van der Waals surface area contributed by atoms with Gasteiger partial charge in [0.1, 0.15) is 5.75 Å². The predicted octanol–water partition coefficient (Wildman–Crippen LogP) is 8.39. The molecule has 0 unspecified atom stereocenters. The van der Waals surface area contributed by atoms with Crippen molar-refractivity contribution in [2.45, 2.75) is 26.3 Å². The number of para-hydroxylation sites is 1. The molecule has 0 saturated carbocycles. The SMILES string of the molecule is COCCOCOc1ccc2cc(C(=O)N(C)Cc3cccc(-c4ccc(Nc5ccccc5C(=O)N5CCC(C)CC5)cc4)c3)ccc2c1.